The van der Waals surface area contributed by atoms with E-state index in [4.69, 9.17) is 4.98 Å². The topological polar surface area (TPSA) is 61.9 Å². The molecular weight excluding hydrogens is 418 g/mol. The number of pyridine rings is 1. The third-order valence-corrected chi connectivity index (χ3v) is 6.54. The van der Waals surface area contributed by atoms with E-state index < -0.39 is 11.6 Å². The fraction of sp³-hybridized carbons (Fsp3) is 0.174. The van der Waals surface area contributed by atoms with Gasteiger partial charge in [0.05, 0.1) is 11.3 Å². The van der Waals surface area contributed by atoms with Crippen LogP contribution in [0.3, 0.4) is 0 Å². The summed E-state index contributed by atoms with van der Waals surface area (Å²) in [6, 6.07) is 7.54. The van der Waals surface area contributed by atoms with E-state index in [2.05, 4.69) is 14.9 Å². The van der Waals surface area contributed by atoms with Crippen molar-refractivity contribution in [2.24, 2.45) is 0 Å². The first-order valence-electron chi connectivity index (χ1n) is 9.83. The summed E-state index contributed by atoms with van der Waals surface area (Å²) in [5.74, 6) is -0.545. The number of carbonyl (C=O) groups is 1. The summed E-state index contributed by atoms with van der Waals surface area (Å²) in [6.07, 6.45) is 4.79. The molecule has 31 heavy (non-hydrogen) atoms. The third-order valence-electron chi connectivity index (χ3n) is 5.53. The van der Waals surface area contributed by atoms with E-state index in [-0.39, 0.29) is 11.3 Å². The molecule has 1 N–H and O–H groups in total. The Labute approximate surface area is 181 Å². The minimum Gasteiger partial charge on any atom is -0.357 e. The lowest BCUT2D eigenvalue weighted by Gasteiger charge is -2.28. The first-order valence-corrected chi connectivity index (χ1v) is 10.6. The number of aromatic amines is 1. The summed E-state index contributed by atoms with van der Waals surface area (Å²) in [4.78, 5) is 27.2. The van der Waals surface area contributed by atoms with Crippen molar-refractivity contribution in [3.63, 3.8) is 0 Å². The molecule has 0 amide bonds. The van der Waals surface area contributed by atoms with Crippen LogP contribution in [0.5, 0.6) is 0 Å². The maximum atomic E-state index is 14.4. The molecule has 0 radical (unpaired) electrons. The number of halogens is 2. The van der Waals surface area contributed by atoms with Gasteiger partial charge in [-0.3, -0.25) is 9.78 Å². The van der Waals surface area contributed by atoms with E-state index >= 15 is 0 Å². The number of benzene rings is 1. The van der Waals surface area contributed by atoms with E-state index in [0.29, 0.717) is 31.4 Å². The predicted molar refractivity (Wildman–Crippen MR) is 116 cm³/mol. The first-order chi connectivity index (χ1) is 15.1. The smallest absolute Gasteiger partial charge is 0.152 e. The molecule has 0 spiro atoms. The Balaban J connectivity index is 1.53. The molecule has 5 nitrogen and oxygen atoms in total. The van der Waals surface area contributed by atoms with Gasteiger partial charge in [0, 0.05) is 59.2 Å². The van der Waals surface area contributed by atoms with Crippen LogP contribution in [0.25, 0.3) is 21.8 Å². The molecule has 5 rings (SSSR count). The largest absolute Gasteiger partial charge is 0.357 e. The van der Waals surface area contributed by atoms with Crippen LogP contribution in [0.4, 0.5) is 14.6 Å². The molecule has 4 heterocycles. The highest BCUT2D eigenvalue weighted by Gasteiger charge is 2.28. The van der Waals surface area contributed by atoms with E-state index in [0.717, 1.165) is 32.5 Å². The van der Waals surface area contributed by atoms with Gasteiger partial charge in [-0.05, 0) is 31.2 Å². The zero-order chi connectivity index (χ0) is 21.5. The lowest BCUT2D eigenvalue weighted by molar-refractivity contribution is 0.112. The lowest BCUT2D eigenvalue weighted by atomic mass is 10.0. The third kappa shape index (κ3) is 3.33. The normalized spacial score (nSPS) is 13.3. The van der Waals surface area contributed by atoms with E-state index in [1.54, 1.807) is 23.7 Å². The molecule has 0 bridgehead atoms. The molecule has 0 unspecified atom stereocenters. The lowest BCUT2D eigenvalue weighted by Crippen LogP contribution is -2.31. The number of aryl methyl sites for hydroxylation is 1. The number of H-pyrrole nitrogens is 1. The van der Waals surface area contributed by atoms with Gasteiger partial charge in [0.2, 0.25) is 0 Å². The van der Waals surface area contributed by atoms with Crippen molar-refractivity contribution in [2.45, 2.75) is 19.9 Å². The Morgan fingerprint density at radius 2 is 2.00 bits per heavy atom. The van der Waals surface area contributed by atoms with Gasteiger partial charge in [-0.25, -0.2) is 13.8 Å². The van der Waals surface area contributed by atoms with Gasteiger partial charge in [0.15, 0.2) is 6.29 Å². The van der Waals surface area contributed by atoms with E-state index in [1.807, 2.05) is 19.1 Å². The Bertz CT molecular complexity index is 1260. The van der Waals surface area contributed by atoms with Gasteiger partial charge >= 0.3 is 0 Å². The number of carbonyl (C=O) groups excluding carboxylic acids is 1. The summed E-state index contributed by atoms with van der Waals surface area (Å²) >= 11 is 1.59. The minimum atomic E-state index is -0.699. The van der Waals surface area contributed by atoms with Crippen LogP contribution < -0.4 is 4.90 Å². The zero-order valence-electron chi connectivity index (χ0n) is 16.7. The number of aldehydes is 1. The molecule has 1 aliphatic rings. The molecule has 8 heteroatoms. The molecule has 4 aromatic rings. The molecule has 3 aromatic heterocycles. The van der Waals surface area contributed by atoms with Gasteiger partial charge in [-0.1, -0.05) is 6.07 Å². The Morgan fingerprint density at radius 3 is 2.71 bits per heavy atom. The number of fused-ring (bicyclic) bond motifs is 1. The van der Waals surface area contributed by atoms with Crippen LogP contribution in [0.15, 0.2) is 42.7 Å². The SMILES string of the molecule is Cc1sc(-c2cccnc2)nc1N1CCc2[nH]c(-c3c(F)cccc3F)c(C=O)c2C1. The highest BCUT2D eigenvalue weighted by atomic mass is 32.1. The second-order valence-corrected chi connectivity index (χ2v) is 8.60. The first kappa shape index (κ1) is 19.6. The Hall–Kier alpha value is -3.39. The van der Waals surface area contributed by atoms with Crippen molar-refractivity contribution in [3.8, 4) is 21.8 Å². The summed E-state index contributed by atoms with van der Waals surface area (Å²) in [5.41, 5.74) is 2.83. The molecule has 0 atom stereocenters. The quantitative estimate of drug-likeness (QED) is 0.449. The van der Waals surface area contributed by atoms with Crippen molar-refractivity contribution in [2.75, 3.05) is 11.4 Å². The summed E-state index contributed by atoms with van der Waals surface area (Å²) in [5, 5.41) is 0.880. The zero-order valence-corrected chi connectivity index (χ0v) is 17.5. The number of aromatic nitrogens is 3. The number of thiazole rings is 1. The highest BCUT2D eigenvalue weighted by molar-refractivity contribution is 7.15. The fourth-order valence-corrected chi connectivity index (χ4v) is 4.98. The predicted octanol–water partition coefficient (Wildman–Crippen LogP) is 5.16. The molecule has 0 saturated heterocycles. The molecule has 0 aliphatic carbocycles. The van der Waals surface area contributed by atoms with Crippen LogP contribution in [-0.4, -0.2) is 27.8 Å². The maximum absolute atomic E-state index is 14.4. The highest BCUT2D eigenvalue weighted by Crippen LogP contribution is 2.37. The fourth-order valence-electron chi connectivity index (χ4n) is 4.06. The van der Waals surface area contributed by atoms with Crippen molar-refractivity contribution in [1.82, 2.24) is 15.0 Å². The van der Waals surface area contributed by atoms with Crippen LogP contribution >= 0.6 is 11.3 Å². The monoisotopic (exact) mass is 436 g/mol. The average molecular weight is 436 g/mol. The second kappa shape index (κ2) is 7.70. The molecule has 1 aliphatic heterocycles. The van der Waals surface area contributed by atoms with Crippen molar-refractivity contribution >= 4 is 23.4 Å². The number of nitrogens with one attached hydrogen (secondary N) is 1. The number of hydrogen-bond acceptors (Lipinski definition) is 5. The van der Waals surface area contributed by atoms with Crippen LogP contribution in [0.1, 0.15) is 26.5 Å². The molecule has 156 valence electrons. The van der Waals surface area contributed by atoms with Gasteiger partial charge in [0.1, 0.15) is 22.5 Å². The van der Waals surface area contributed by atoms with Crippen molar-refractivity contribution < 1.29 is 13.6 Å². The van der Waals surface area contributed by atoms with Crippen LogP contribution in [0.2, 0.25) is 0 Å². The number of anilines is 1. The molecular formula is C23H18F2N4OS. The van der Waals surface area contributed by atoms with E-state index in [1.165, 1.54) is 18.2 Å². The van der Waals surface area contributed by atoms with E-state index in [9.17, 15) is 13.6 Å². The Kier molecular flexibility index (Phi) is 4.86. The van der Waals surface area contributed by atoms with Gasteiger partial charge < -0.3 is 9.88 Å². The summed E-state index contributed by atoms with van der Waals surface area (Å²) in [7, 11) is 0. The second-order valence-electron chi connectivity index (χ2n) is 7.40. The maximum Gasteiger partial charge on any atom is 0.152 e. The molecule has 0 saturated carbocycles. The molecule has 0 fully saturated rings. The number of hydrogen-bond donors (Lipinski definition) is 1. The summed E-state index contributed by atoms with van der Waals surface area (Å²) in [6.45, 7) is 3.13. The standard InChI is InChI=1S/C23H18F2N4OS/c1-13-22(28-23(31-13)14-4-3-8-26-10-14)29-9-7-19-15(11-29)16(12-30)21(27-19)20-17(24)5-2-6-18(20)25/h2-6,8,10,12,27H,7,9,11H2,1H3. The number of nitrogens with zero attached hydrogens (tertiary/aromatic N) is 3. The summed E-state index contributed by atoms with van der Waals surface area (Å²) < 4.78 is 28.8. The van der Waals surface area contributed by atoms with Gasteiger partial charge in [0.25, 0.3) is 0 Å². The van der Waals surface area contributed by atoms with Gasteiger partial charge in [-0.15, -0.1) is 11.3 Å². The number of rotatable bonds is 4. The van der Waals surface area contributed by atoms with Crippen molar-refractivity contribution in [1.29, 1.82) is 0 Å². The minimum absolute atomic E-state index is 0.198. The van der Waals surface area contributed by atoms with Gasteiger partial charge in [-0.2, -0.15) is 0 Å². The van der Waals surface area contributed by atoms with Crippen molar-refractivity contribution in [3.05, 3.63) is 76.1 Å². The van der Waals surface area contributed by atoms with Crippen LogP contribution in [-0.2, 0) is 13.0 Å². The Morgan fingerprint density at radius 1 is 1.19 bits per heavy atom. The van der Waals surface area contributed by atoms with Crippen LogP contribution in [0, 0.1) is 18.6 Å². The average Bonchev–Trinajstić information content (AvgIpc) is 3.34. The molecule has 1 aromatic carbocycles.